The molecule has 2 aromatic carbocycles. The highest BCUT2D eigenvalue weighted by molar-refractivity contribution is 6.17. The largest absolute Gasteiger partial charge is 0.514 e. The van der Waals surface area contributed by atoms with Gasteiger partial charge in [-0.25, -0.2) is 4.79 Å². The van der Waals surface area contributed by atoms with E-state index in [1.807, 2.05) is 12.1 Å². The predicted molar refractivity (Wildman–Crippen MR) is 162 cm³/mol. The second-order valence-corrected chi connectivity index (χ2v) is 10.9. The van der Waals surface area contributed by atoms with Gasteiger partial charge in [0, 0.05) is 17.4 Å². The van der Waals surface area contributed by atoms with Gasteiger partial charge in [0.1, 0.15) is 17.1 Å². The van der Waals surface area contributed by atoms with E-state index in [0.717, 1.165) is 32.2 Å². The van der Waals surface area contributed by atoms with E-state index in [0.29, 0.717) is 40.0 Å². The van der Waals surface area contributed by atoms with Crippen LogP contribution in [-0.2, 0) is 17.6 Å². The van der Waals surface area contributed by atoms with Crippen LogP contribution in [0, 0.1) is 0 Å². The van der Waals surface area contributed by atoms with Gasteiger partial charge < -0.3 is 18.8 Å². The predicted octanol–water partition coefficient (Wildman–Crippen LogP) is 8.77. The highest BCUT2D eigenvalue weighted by Crippen LogP contribution is 2.32. The van der Waals surface area contributed by atoms with Crippen molar-refractivity contribution in [2.45, 2.75) is 98.5 Å². The molecule has 3 aromatic rings. The summed E-state index contributed by atoms with van der Waals surface area (Å²) >= 11 is 0. The molecule has 0 bridgehead atoms. The summed E-state index contributed by atoms with van der Waals surface area (Å²) in [6.07, 6.45) is 8.56. The fourth-order valence-corrected chi connectivity index (χ4v) is 4.84. The van der Waals surface area contributed by atoms with Crippen molar-refractivity contribution in [3.63, 3.8) is 0 Å². The SMILES string of the molecule is CCCCc1oc2ccc(OC(=O)OC(C)C)cc2c1C(=O)c1ccc(CCCN(CCCC)CCCC)cc1. The number of carbonyl (C=O) groups is 2. The van der Waals surface area contributed by atoms with E-state index >= 15 is 0 Å². The first kappa shape index (κ1) is 31.4. The fourth-order valence-electron chi connectivity index (χ4n) is 4.84. The Morgan fingerprint density at radius 1 is 0.825 bits per heavy atom. The lowest BCUT2D eigenvalue weighted by molar-refractivity contribution is 0.0729. The lowest BCUT2D eigenvalue weighted by Crippen LogP contribution is -2.27. The van der Waals surface area contributed by atoms with Crippen molar-refractivity contribution >= 4 is 22.9 Å². The molecule has 0 saturated heterocycles. The molecule has 0 N–H and O–H groups in total. The van der Waals surface area contributed by atoms with E-state index in [9.17, 15) is 9.59 Å². The Labute approximate surface area is 240 Å². The summed E-state index contributed by atoms with van der Waals surface area (Å²) in [5, 5.41) is 0.647. The van der Waals surface area contributed by atoms with Crippen molar-refractivity contribution in [1.82, 2.24) is 4.90 Å². The van der Waals surface area contributed by atoms with Crippen LogP contribution >= 0.6 is 0 Å². The molecule has 0 saturated carbocycles. The number of carbonyl (C=O) groups excluding carboxylic acids is 2. The Bertz CT molecular complexity index is 1200. The van der Waals surface area contributed by atoms with Crippen LogP contribution in [0.15, 0.2) is 46.9 Å². The van der Waals surface area contributed by atoms with Crippen molar-refractivity contribution in [1.29, 1.82) is 0 Å². The van der Waals surface area contributed by atoms with Crippen LogP contribution in [-0.4, -0.2) is 42.6 Å². The average molecular weight is 550 g/mol. The number of nitrogens with zero attached hydrogens (tertiary/aromatic N) is 1. The third-order valence-electron chi connectivity index (χ3n) is 7.06. The molecule has 0 aliphatic heterocycles. The lowest BCUT2D eigenvalue weighted by Gasteiger charge is -2.21. The number of furan rings is 1. The Morgan fingerprint density at radius 3 is 2.10 bits per heavy atom. The molecule has 6 heteroatoms. The Hall–Kier alpha value is -3.12. The molecule has 1 aromatic heterocycles. The molecule has 0 radical (unpaired) electrons. The molecule has 218 valence electrons. The van der Waals surface area contributed by atoms with Crippen molar-refractivity contribution in [2.75, 3.05) is 19.6 Å². The van der Waals surface area contributed by atoms with Gasteiger partial charge in [0.25, 0.3) is 0 Å². The van der Waals surface area contributed by atoms with Gasteiger partial charge >= 0.3 is 6.16 Å². The summed E-state index contributed by atoms with van der Waals surface area (Å²) in [5.41, 5.74) is 3.01. The molecule has 0 unspecified atom stereocenters. The normalized spacial score (nSPS) is 11.5. The zero-order valence-electron chi connectivity index (χ0n) is 25.1. The summed E-state index contributed by atoms with van der Waals surface area (Å²) in [7, 11) is 0. The van der Waals surface area contributed by atoms with Crippen LogP contribution < -0.4 is 4.74 Å². The van der Waals surface area contributed by atoms with E-state index in [4.69, 9.17) is 13.9 Å². The van der Waals surface area contributed by atoms with Gasteiger partial charge in [-0.2, -0.15) is 0 Å². The summed E-state index contributed by atoms with van der Waals surface area (Å²) < 4.78 is 16.6. The molecule has 40 heavy (non-hydrogen) atoms. The minimum absolute atomic E-state index is 0.0800. The van der Waals surface area contributed by atoms with Crippen LogP contribution in [0.4, 0.5) is 4.79 Å². The lowest BCUT2D eigenvalue weighted by atomic mass is 9.97. The molecule has 0 aliphatic carbocycles. The van der Waals surface area contributed by atoms with Crippen molar-refractivity contribution in [3.8, 4) is 5.75 Å². The molecule has 3 rings (SSSR count). The quantitative estimate of drug-likeness (QED) is 0.0952. The van der Waals surface area contributed by atoms with Gasteiger partial charge in [-0.05, 0) is 89.3 Å². The smallest absolute Gasteiger partial charge is 0.460 e. The van der Waals surface area contributed by atoms with Gasteiger partial charge in [0.15, 0.2) is 5.78 Å². The highest BCUT2D eigenvalue weighted by Gasteiger charge is 2.23. The molecular formula is C34H47NO5. The average Bonchev–Trinajstić information content (AvgIpc) is 3.30. The Morgan fingerprint density at radius 2 is 1.48 bits per heavy atom. The Kier molecular flexibility index (Phi) is 12.7. The van der Waals surface area contributed by atoms with Crippen molar-refractivity contribution < 1.29 is 23.5 Å². The maximum Gasteiger partial charge on any atom is 0.514 e. The number of hydrogen-bond donors (Lipinski definition) is 0. The van der Waals surface area contributed by atoms with Gasteiger partial charge in [-0.3, -0.25) is 4.79 Å². The summed E-state index contributed by atoms with van der Waals surface area (Å²) in [5.74, 6) is 0.910. The minimum atomic E-state index is -0.772. The van der Waals surface area contributed by atoms with Gasteiger partial charge in [0.05, 0.1) is 11.7 Å². The fraction of sp³-hybridized carbons (Fsp3) is 0.529. The zero-order chi connectivity index (χ0) is 28.9. The summed E-state index contributed by atoms with van der Waals surface area (Å²) in [4.78, 5) is 28.4. The van der Waals surface area contributed by atoms with E-state index in [1.54, 1.807) is 32.0 Å². The molecule has 0 aliphatic rings. The Balaban J connectivity index is 1.76. The number of aryl methyl sites for hydroxylation is 2. The van der Waals surface area contributed by atoms with Gasteiger partial charge in [-0.1, -0.05) is 64.3 Å². The molecule has 6 nitrogen and oxygen atoms in total. The van der Waals surface area contributed by atoms with E-state index in [2.05, 4.69) is 37.8 Å². The van der Waals surface area contributed by atoms with Crippen LogP contribution in [0.25, 0.3) is 11.0 Å². The molecule has 0 fully saturated rings. The second-order valence-electron chi connectivity index (χ2n) is 10.9. The summed E-state index contributed by atoms with van der Waals surface area (Å²) in [6, 6.07) is 13.1. The third kappa shape index (κ3) is 9.22. The first-order valence-corrected chi connectivity index (χ1v) is 15.2. The van der Waals surface area contributed by atoms with E-state index < -0.39 is 6.16 Å². The van der Waals surface area contributed by atoms with Crippen LogP contribution in [0.3, 0.4) is 0 Å². The van der Waals surface area contributed by atoms with Gasteiger partial charge in [0.2, 0.25) is 0 Å². The van der Waals surface area contributed by atoms with E-state index in [-0.39, 0.29) is 11.9 Å². The first-order chi connectivity index (χ1) is 19.4. The van der Waals surface area contributed by atoms with Crippen molar-refractivity contribution in [3.05, 3.63) is 64.9 Å². The second kappa shape index (κ2) is 16.2. The molecule has 0 amide bonds. The third-order valence-corrected chi connectivity index (χ3v) is 7.06. The number of hydrogen-bond acceptors (Lipinski definition) is 6. The number of rotatable bonds is 17. The molecular weight excluding hydrogens is 502 g/mol. The topological polar surface area (TPSA) is 69.0 Å². The number of ether oxygens (including phenoxy) is 2. The highest BCUT2D eigenvalue weighted by atomic mass is 16.7. The monoisotopic (exact) mass is 549 g/mol. The number of unbranched alkanes of at least 4 members (excludes halogenated alkanes) is 3. The standard InChI is InChI=1S/C34H47NO5/c1-6-9-14-31-32(29-24-28(19-20-30(29)40-31)39-34(37)38-25(4)5)33(36)27-17-15-26(16-18-27)13-12-23-35(21-10-7-2)22-11-8-3/h15-20,24-25H,6-14,21-23H2,1-5H3. The zero-order valence-corrected chi connectivity index (χ0v) is 25.1. The number of fused-ring (bicyclic) bond motifs is 1. The first-order valence-electron chi connectivity index (χ1n) is 15.2. The van der Waals surface area contributed by atoms with Crippen LogP contribution in [0.5, 0.6) is 5.75 Å². The number of benzene rings is 2. The molecule has 0 atom stereocenters. The van der Waals surface area contributed by atoms with Gasteiger partial charge in [-0.15, -0.1) is 0 Å². The summed E-state index contributed by atoms with van der Waals surface area (Å²) in [6.45, 7) is 13.6. The maximum atomic E-state index is 13.8. The van der Waals surface area contributed by atoms with Crippen LogP contribution in [0.1, 0.15) is 107 Å². The van der Waals surface area contributed by atoms with Crippen LogP contribution in [0.2, 0.25) is 0 Å². The van der Waals surface area contributed by atoms with E-state index in [1.165, 1.54) is 44.3 Å². The number of ketones is 1. The minimum Gasteiger partial charge on any atom is -0.460 e. The van der Waals surface area contributed by atoms with Crippen molar-refractivity contribution in [2.24, 2.45) is 0 Å². The maximum absolute atomic E-state index is 13.8. The molecule has 0 spiro atoms. The molecule has 1 heterocycles.